The molecule has 4 heteroatoms. The number of aliphatic hydroxyl groups is 1. The molecule has 0 bridgehead atoms. The number of hydrogen-bond acceptors (Lipinski definition) is 4. The maximum Gasteiger partial charge on any atom is 0.238 e. The summed E-state index contributed by atoms with van der Waals surface area (Å²) < 4.78 is 5.27. The lowest BCUT2D eigenvalue weighted by molar-refractivity contribution is 0.0501. The van der Waals surface area contributed by atoms with Gasteiger partial charge in [-0.2, -0.15) is 0 Å². The number of benzene rings is 1. The lowest BCUT2D eigenvalue weighted by Gasteiger charge is -2.37. The van der Waals surface area contributed by atoms with Gasteiger partial charge in [-0.05, 0) is 29.9 Å². The Morgan fingerprint density at radius 2 is 2.00 bits per heavy atom. The molecule has 1 N–H and O–H groups in total. The van der Waals surface area contributed by atoms with E-state index < -0.39 is 5.60 Å². The average molecular weight is 270 g/mol. The van der Waals surface area contributed by atoms with Crippen LogP contribution in [0.25, 0.3) is 0 Å². The molecule has 20 heavy (non-hydrogen) atoms. The third-order valence-electron chi connectivity index (χ3n) is 4.13. The highest BCUT2D eigenvalue weighted by molar-refractivity contribution is 5.44. The maximum atomic E-state index is 11.2. The van der Waals surface area contributed by atoms with Gasteiger partial charge in [0.15, 0.2) is 0 Å². The van der Waals surface area contributed by atoms with Gasteiger partial charge in [0.05, 0.1) is 7.11 Å². The van der Waals surface area contributed by atoms with E-state index in [0.717, 1.165) is 12.0 Å². The summed E-state index contributed by atoms with van der Waals surface area (Å²) >= 11 is 0. The summed E-state index contributed by atoms with van der Waals surface area (Å²) in [5, 5.41) is 11.2. The number of rotatable bonds is 2. The van der Waals surface area contributed by atoms with Gasteiger partial charge in [0.2, 0.25) is 5.88 Å². The van der Waals surface area contributed by atoms with E-state index in [1.807, 2.05) is 18.2 Å². The van der Waals surface area contributed by atoms with Crippen molar-refractivity contribution in [2.45, 2.75) is 31.3 Å². The molecule has 0 radical (unpaired) electrons. The van der Waals surface area contributed by atoms with Crippen molar-refractivity contribution < 1.29 is 9.84 Å². The van der Waals surface area contributed by atoms with E-state index in [0.29, 0.717) is 23.9 Å². The highest BCUT2D eigenvalue weighted by Gasteiger charge is 2.41. The Morgan fingerprint density at radius 1 is 1.25 bits per heavy atom. The predicted molar refractivity (Wildman–Crippen MR) is 75.7 cm³/mol. The van der Waals surface area contributed by atoms with Crippen molar-refractivity contribution in [2.24, 2.45) is 0 Å². The Balaban J connectivity index is 2.20. The molecular formula is C16H18N2O2. The molecule has 0 fully saturated rings. The molecule has 0 spiro atoms. The minimum absolute atomic E-state index is 0.388. The van der Waals surface area contributed by atoms with Crippen LogP contribution >= 0.6 is 0 Å². The minimum atomic E-state index is -1.12. The molecular weight excluding hydrogens is 252 g/mol. The lowest BCUT2D eigenvalue weighted by atomic mass is 9.73. The van der Waals surface area contributed by atoms with Crippen LogP contribution in [-0.4, -0.2) is 22.2 Å². The first-order valence-corrected chi connectivity index (χ1v) is 6.84. The standard InChI is InChI=1S/C16H18N2O2/c1-11-7-8-16(19,13-6-4-3-5-12(11)13)14-15(20-2)18-10-9-17-14/h3-6,9-11,19H,7-8H2,1-2H3. The van der Waals surface area contributed by atoms with Gasteiger partial charge in [-0.15, -0.1) is 0 Å². The van der Waals surface area contributed by atoms with Gasteiger partial charge in [0.25, 0.3) is 0 Å². The quantitative estimate of drug-likeness (QED) is 0.911. The number of nitrogens with zero attached hydrogens (tertiary/aromatic N) is 2. The van der Waals surface area contributed by atoms with E-state index in [-0.39, 0.29) is 0 Å². The molecule has 1 aromatic carbocycles. The predicted octanol–water partition coefficient (Wildman–Crippen LogP) is 2.62. The molecule has 3 rings (SSSR count). The molecule has 2 unspecified atom stereocenters. The molecule has 1 aromatic heterocycles. The van der Waals surface area contributed by atoms with Gasteiger partial charge < -0.3 is 9.84 Å². The number of aromatic nitrogens is 2. The summed E-state index contributed by atoms with van der Waals surface area (Å²) in [7, 11) is 1.55. The Bertz CT molecular complexity index is 629. The Morgan fingerprint density at radius 3 is 2.80 bits per heavy atom. The van der Waals surface area contributed by atoms with Crippen molar-refractivity contribution in [2.75, 3.05) is 7.11 Å². The van der Waals surface area contributed by atoms with Gasteiger partial charge in [-0.3, -0.25) is 4.98 Å². The first-order valence-electron chi connectivity index (χ1n) is 6.84. The van der Waals surface area contributed by atoms with Crippen molar-refractivity contribution in [3.63, 3.8) is 0 Å². The zero-order valence-corrected chi connectivity index (χ0v) is 11.7. The third kappa shape index (κ3) is 1.88. The van der Waals surface area contributed by atoms with Crippen LogP contribution in [0, 0.1) is 0 Å². The fourth-order valence-corrected chi connectivity index (χ4v) is 3.02. The third-order valence-corrected chi connectivity index (χ3v) is 4.13. The SMILES string of the molecule is COc1nccnc1C1(O)CCC(C)c2ccccc21. The topological polar surface area (TPSA) is 55.2 Å². The van der Waals surface area contributed by atoms with Crippen LogP contribution in [0.2, 0.25) is 0 Å². The number of ether oxygens (including phenoxy) is 1. The summed E-state index contributed by atoms with van der Waals surface area (Å²) in [5.74, 6) is 0.827. The molecule has 0 saturated carbocycles. The monoisotopic (exact) mass is 270 g/mol. The van der Waals surface area contributed by atoms with Crippen molar-refractivity contribution in [1.82, 2.24) is 9.97 Å². The van der Waals surface area contributed by atoms with E-state index in [4.69, 9.17) is 4.74 Å². The van der Waals surface area contributed by atoms with Gasteiger partial charge in [-0.1, -0.05) is 31.2 Å². The number of hydrogen-bond donors (Lipinski definition) is 1. The first-order chi connectivity index (χ1) is 9.66. The second-order valence-electron chi connectivity index (χ2n) is 5.30. The molecule has 104 valence electrons. The van der Waals surface area contributed by atoms with Crippen molar-refractivity contribution in [3.8, 4) is 5.88 Å². The number of fused-ring (bicyclic) bond motifs is 1. The Hall–Kier alpha value is -1.94. The van der Waals surface area contributed by atoms with Crippen LogP contribution < -0.4 is 4.74 Å². The van der Waals surface area contributed by atoms with Crippen molar-refractivity contribution in [3.05, 3.63) is 53.5 Å². The van der Waals surface area contributed by atoms with Crippen LogP contribution in [0.15, 0.2) is 36.7 Å². The van der Waals surface area contributed by atoms with E-state index >= 15 is 0 Å². The van der Waals surface area contributed by atoms with E-state index in [9.17, 15) is 5.11 Å². The van der Waals surface area contributed by atoms with E-state index in [2.05, 4.69) is 23.0 Å². The van der Waals surface area contributed by atoms with Gasteiger partial charge >= 0.3 is 0 Å². The molecule has 0 aliphatic heterocycles. The zero-order chi connectivity index (χ0) is 14.2. The van der Waals surface area contributed by atoms with E-state index in [1.54, 1.807) is 19.5 Å². The highest BCUT2D eigenvalue weighted by atomic mass is 16.5. The van der Waals surface area contributed by atoms with E-state index in [1.165, 1.54) is 5.56 Å². The molecule has 1 aliphatic carbocycles. The van der Waals surface area contributed by atoms with Gasteiger partial charge in [-0.25, -0.2) is 4.98 Å². The molecule has 4 nitrogen and oxygen atoms in total. The maximum absolute atomic E-state index is 11.2. The van der Waals surface area contributed by atoms with Crippen LogP contribution in [0.3, 0.4) is 0 Å². The zero-order valence-electron chi connectivity index (χ0n) is 11.7. The van der Waals surface area contributed by atoms with Crippen molar-refractivity contribution >= 4 is 0 Å². The minimum Gasteiger partial charge on any atom is -0.480 e. The largest absolute Gasteiger partial charge is 0.480 e. The Labute approximate surface area is 118 Å². The normalized spacial score (nSPS) is 25.1. The Kier molecular flexibility index (Phi) is 3.18. The molecule has 0 amide bonds. The fraction of sp³-hybridized carbons (Fsp3) is 0.375. The lowest BCUT2D eigenvalue weighted by Crippen LogP contribution is -2.34. The van der Waals surface area contributed by atoms with Crippen LogP contribution in [0.4, 0.5) is 0 Å². The summed E-state index contributed by atoms with van der Waals surface area (Å²) in [6, 6.07) is 8.01. The van der Waals surface area contributed by atoms with Gasteiger partial charge in [0.1, 0.15) is 11.3 Å². The molecule has 0 saturated heterocycles. The summed E-state index contributed by atoms with van der Waals surface area (Å²) in [5.41, 5.74) is 1.47. The first kappa shape index (κ1) is 13.1. The van der Waals surface area contributed by atoms with Crippen LogP contribution in [-0.2, 0) is 5.60 Å². The highest BCUT2D eigenvalue weighted by Crippen LogP contribution is 2.46. The second kappa shape index (κ2) is 4.87. The molecule has 2 atom stereocenters. The average Bonchev–Trinajstić information content (AvgIpc) is 2.51. The summed E-state index contributed by atoms with van der Waals surface area (Å²) in [4.78, 5) is 8.50. The molecule has 1 aliphatic rings. The summed E-state index contributed by atoms with van der Waals surface area (Å²) in [6.45, 7) is 2.19. The molecule has 1 heterocycles. The van der Waals surface area contributed by atoms with Crippen LogP contribution in [0.1, 0.15) is 42.5 Å². The van der Waals surface area contributed by atoms with Gasteiger partial charge in [0, 0.05) is 12.4 Å². The summed E-state index contributed by atoms with van der Waals surface area (Å²) in [6.07, 6.45) is 4.70. The van der Waals surface area contributed by atoms with Crippen molar-refractivity contribution in [1.29, 1.82) is 0 Å². The second-order valence-corrected chi connectivity index (χ2v) is 5.30. The molecule has 2 aromatic rings. The smallest absolute Gasteiger partial charge is 0.238 e. The fourth-order valence-electron chi connectivity index (χ4n) is 3.02. The van der Waals surface area contributed by atoms with Crippen LogP contribution in [0.5, 0.6) is 5.88 Å². The number of methoxy groups -OCH3 is 1.